The topological polar surface area (TPSA) is 36.4 Å². The fourth-order valence-electron chi connectivity index (χ4n) is 5.27. The summed E-state index contributed by atoms with van der Waals surface area (Å²) in [4.78, 5) is 21.7. The molecule has 1 aromatic rings. The van der Waals surface area contributed by atoms with Gasteiger partial charge >= 0.3 is 0 Å². The normalized spacial score (nSPS) is 27.6. The Bertz CT molecular complexity index is 584. The van der Waals surface area contributed by atoms with E-state index in [1.54, 1.807) is 6.20 Å². The third kappa shape index (κ3) is 3.74. The van der Waals surface area contributed by atoms with E-state index in [9.17, 15) is 4.79 Å². The fraction of sp³-hybridized carbons (Fsp3) is 0.714. The molecule has 1 atom stereocenters. The Labute approximate surface area is 151 Å². The number of carbonyl (C=O) groups is 1. The molecule has 1 unspecified atom stereocenters. The maximum Gasteiger partial charge on any atom is 0.222 e. The number of likely N-dealkylation sites (tertiary alicyclic amines) is 2. The summed E-state index contributed by atoms with van der Waals surface area (Å²) >= 11 is 0. The standard InChI is InChI=1S/C21H31N3O/c25-20(9-8-18-7-3-12-22-15-18)23-14-11-21(17-23)10-4-13-24(21)16-19-5-1-2-6-19/h3,7,12,15,19H,1-2,4-6,8-11,13-14,16-17H2. The average Bonchev–Trinajstić information content (AvgIpc) is 3.38. The molecule has 4 nitrogen and oxygen atoms in total. The van der Waals surface area contributed by atoms with Gasteiger partial charge in [-0.05, 0) is 62.6 Å². The summed E-state index contributed by atoms with van der Waals surface area (Å²) < 4.78 is 0. The second kappa shape index (κ2) is 7.45. The Morgan fingerprint density at radius 1 is 1.20 bits per heavy atom. The van der Waals surface area contributed by atoms with Crippen molar-refractivity contribution in [3.8, 4) is 0 Å². The second-order valence-corrected chi connectivity index (χ2v) is 8.35. The van der Waals surface area contributed by atoms with Gasteiger partial charge in [0.25, 0.3) is 0 Å². The van der Waals surface area contributed by atoms with Crippen molar-refractivity contribution in [2.45, 2.75) is 63.3 Å². The van der Waals surface area contributed by atoms with Gasteiger partial charge in [0.15, 0.2) is 0 Å². The zero-order chi connectivity index (χ0) is 17.1. The van der Waals surface area contributed by atoms with Crippen LogP contribution < -0.4 is 0 Å². The third-order valence-corrected chi connectivity index (χ3v) is 6.73. The van der Waals surface area contributed by atoms with E-state index in [2.05, 4.69) is 20.9 Å². The summed E-state index contributed by atoms with van der Waals surface area (Å²) in [6.07, 6.45) is 14.5. The van der Waals surface area contributed by atoms with Gasteiger partial charge in [-0.25, -0.2) is 0 Å². The van der Waals surface area contributed by atoms with Crippen molar-refractivity contribution in [1.29, 1.82) is 0 Å². The molecule has 4 rings (SSSR count). The van der Waals surface area contributed by atoms with Gasteiger partial charge in [0.05, 0.1) is 0 Å². The molecule has 1 aromatic heterocycles. The molecule has 3 aliphatic rings. The Morgan fingerprint density at radius 2 is 2.08 bits per heavy atom. The van der Waals surface area contributed by atoms with E-state index >= 15 is 0 Å². The molecule has 136 valence electrons. The highest BCUT2D eigenvalue weighted by Gasteiger charge is 2.47. The molecular formula is C21H31N3O. The van der Waals surface area contributed by atoms with Crippen molar-refractivity contribution in [3.63, 3.8) is 0 Å². The van der Waals surface area contributed by atoms with E-state index in [0.717, 1.165) is 31.0 Å². The third-order valence-electron chi connectivity index (χ3n) is 6.73. The minimum atomic E-state index is 0.298. The highest BCUT2D eigenvalue weighted by molar-refractivity contribution is 5.77. The number of carbonyl (C=O) groups excluding carboxylic acids is 1. The number of hydrogen-bond acceptors (Lipinski definition) is 3. The minimum absolute atomic E-state index is 0.298. The summed E-state index contributed by atoms with van der Waals surface area (Å²) in [5.41, 5.74) is 1.46. The van der Waals surface area contributed by atoms with Crippen LogP contribution in [0.5, 0.6) is 0 Å². The van der Waals surface area contributed by atoms with Crippen LogP contribution in [0, 0.1) is 5.92 Å². The molecule has 3 heterocycles. The van der Waals surface area contributed by atoms with Gasteiger partial charge in [-0.15, -0.1) is 0 Å². The van der Waals surface area contributed by atoms with Crippen LogP contribution in [0.1, 0.15) is 56.9 Å². The molecule has 0 aromatic carbocycles. The van der Waals surface area contributed by atoms with Crippen LogP contribution in [0.25, 0.3) is 0 Å². The highest BCUT2D eigenvalue weighted by Crippen LogP contribution is 2.39. The molecule has 0 bridgehead atoms. The van der Waals surface area contributed by atoms with Gasteiger partial charge in [0, 0.05) is 44.0 Å². The van der Waals surface area contributed by atoms with Crippen LogP contribution in [0.3, 0.4) is 0 Å². The van der Waals surface area contributed by atoms with Gasteiger partial charge in [0.1, 0.15) is 0 Å². The molecule has 25 heavy (non-hydrogen) atoms. The number of aryl methyl sites for hydroxylation is 1. The minimum Gasteiger partial charge on any atom is -0.341 e. The molecule has 2 saturated heterocycles. The smallest absolute Gasteiger partial charge is 0.222 e. The Morgan fingerprint density at radius 3 is 2.88 bits per heavy atom. The van der Waals surface area contributed by atoms with Crippen molar-refractivity contribution >= 4 is 5.91 Å². The van der Waals surface area contributed by atoms with E-state index in [1.807, 2.05) is 12.3 Å². The lowest BCUT2D eigenvalue weighted by atomic mass is 9.94. The maximum atomic E-state index is 12.7. The number of hydrogen-bond donors (Lipinski definition) is 0. The highest BCUT2D eigenvalue weighted by atomic mass is 16.2. The summed E-state index contributed by atoms with van der Waals surface area (Å²) in [7, 11) is 0. The summed E-state index contributed by atoms with van der Waals surface area (Å²) in [5.74, 6) is 1.23. The van der Waals surface area contributed by atoms with Crippen molar-refractivity contribution in [3.05, 3.63) is 30.1 Å². The molecule has 3 fully saturated rings. The van der Waals surface area contributed by atoms with Gasteiger partial charge in [-0.1, -0.05) is 18.9 Å². The second-order valence-electron chi connectivity index (χ2n) is 8.35. The summed E-state index contributed by atoms with van der Waals surface area (Å²) in [6.45, 7) is 4.44. The first-order valence-electron chi connectivity index (χ1n) is 10.2. The first-order valence-corrected chi connectivity index (χ1v) is 10.2. The number of aromatic nitrogens is 1. The lowest BCUT2D eigenvalue weighted by Gasteiger charge is -2.36. The van der Waals surface area contributed by atoms with Crippen molar-refractivity contribution in [2.75, 3.05) is 26.2 Å². The zero-order valence-electron chi connectivity index (χ0n) is 15.3. The van der Waals surface area contributed by atoms with E-state index in [1.165, 1.54) is 58.0 Å². The Balaban J connectivity index is 1.32. The quantitative estimate of drug-likeness (QED) is 0.825. The van der Waals surface area contributed by atoms with Crippen LogP contribution in [-0.4, -0.2) is 52.4 Å². The lowest BCUT2D eigenvalue weighted by Crippen LogP contribution is -2.48. The van der Waals surface area contributed by atoms with Crippen LogP contribution in [0.4, 0.5) is 0 Å². The van der Waals surface area contributed by atoms with Gasteiger partial charge in [-0.3, -0.25) is 14.7 Å². The zero-order valence-corrected chi connectivity index (χ0v) is 15.3. The van der Waals surface area contributed by atoms with E-state index in [4.69, 9.17) is 0 Å². The van der Waals surface area contributed by atoms with Crippen molar-refractivity contribution < 1.29 is 4.79 Å². The van der Waals surface area contributed by atoms with Crippen LogP contribution >= 0.6 is 0 Å². The molecule has 4 heteroatoms. The van der Waals surface area contributed by atoms with E-state index in [-0.39, 0.29) is 0 Å². The lowest BCUT2D eigenvalue weighted by molar-refractivity contribution is -0.130. The SMILES string of the molecule is O=C(CCc1cccnc1)N1CCC2(CCCN2CC2CCCC2)C1. The van der Waals surface area contributed by atoms with Crippen LogP contribution in [-0.2, 0) is 11.2 Å². The molecule has 2 aliphatic heterocycles. The Hall–Kier alpha value is -1.42. The van der Waals surface area contributed by atoms with Crippen molar-refractivity contribution in [2.24, 2.45) is 5.92 Å². The number of nitrogens with zero attached hydrogens (tertiary/aromatic N) is 3. The molecule has 0 N–H and O–H groups in total. The predicted molar refractivity (Wildman–Crippen MR) is 99.3 cm³/mol. The number of pyridine rings is 1. The van der Waals surface area contributed by atoms with Gasteiger partial charge < -0.3 is 4.90 Å². The van der Waals surface area contributed by atoms with Crippen LogP contribution in [0.15, 0.2) is 24.5 Å². The molecule has 1 amide bonds. The molecular weight excluding hydrogens is 310 g/mol. The summed E-state index contributed by atoms with van der Waals surface area (Å²) in [6, 6.07) is 4.01. The fourth-order valence-corrected chi connectivity index (χ4v) is 5.27. The molecule has 0 radical (unpaired) electrons. The van der Waals surface area contributed by atoms with Gasteiger partial charge in [0.2, 0.25) is 5.91 Å². The molecule has 1 spiro atoms. The van der Waals surface area contributed by atoms with Crippen LogP contribution in [0.2, 0.25) is 0 Å². The average molecular weight is 341 g/mol. The Kier molecular flexibility index (Phi) is 5.07. The van der Waals surface area contributed by atoms with E-state index in [0.29, 0.717) is 17.9 Å². The monoisotopic (exact) mass is 341 g/mol. The molecule has 1 saturated carbocycles. The predicted octanol–water partition coefficient (Wildman–Crippen LogP) is 3.27. The first kappa shape index (κ1) is 17.0. The number of amides is 1. The van der Waals surface area contributed by atoms with Gasteiger partial charge in [-0.2, -0.15) is 0 Å². The maximum absolute atomic E-state index is 12.7. The number of rotatable bonds is 5. The molecule has 1 aliphatic carbocycles. The van der Waals surface area contributed by atoms with Crippen molar-refractivity contribution in [1.82, 2.24) is 14.8 Å². The first-order chi connectivity index (χ1) is 12.3. The van der Waals surface area contributed by atoms with E-state index < -0.39 is 0 Å². The largest absolute Gasteiger partial charge is 0.341 e. The summed E-state index contributed by atoms with van der Waals surface area (Å²) in [5, 5.41) is 0.